The number of hydrogen-bond acceptors (Lipinski definition) is 5. The van der Waals surface area contributed by atoms with Crippen LogP contribution in [0.5, 0.6) is 0 Å². The van der Waals surface area contributed by atoms with Crippen LogP contribution in [0.25, 0.3) is 11.4 Å². The quantitative estimate of drug-likeness (QED) is 0.708. The van der Waals surface area contributed by atoms with E-state index in [-0.39, 0.29) is 17.2 Å². The molecule has 0 fully saturated rings. The first-order valence-electron chi connectivity index (χ1n) is 9.25. The monoisotopic (exact) mass is 381 g/mol. The van der Waals surface area contributed by atoms with Gasteiger partial charge in [-0.1, -0.05) is 36.3 Å². The molecule has 0 spiro atoms. The number of nitrogens with zero attached hydrogens (tertiary/aromatic N) is 2. The van der Waals surface area contributed by atoms with E-state index >= 15 is 0 Å². The maximum Gasteiger partial charge on any atom is 0.254 e. The Morgan fingerprint density at radius 1 is 1.36 bits per heavy atom. The number of aliphatic hydroxyl groups excluding tert-OH is 1. The van der Waals surface area contributed by atoms with Crippen LogP contribution >= 0.6 is 0 Å². The van der Waals surface area contributed by atoms with Crippen LogP contribution in [-0.2, 0) is 19.4 Å². The molecule has 7 heteroatoms. The number of carbonyl (C=O) groups is 1. The molecule has 1 amide bonds. The molecule has 0 saturated heterocycles. The van der Waals surface area contributed by atoms with Gasteiger partial charge in [-0.2, -0.15) is 4.98 Å². The Balaban J connectivity index is 1.54. The summed E-state index contributed by atoms with van der Waals surface area (Å²) in [7, 11) is 0. The van der Waals surface area contributed by atoms with E-state index in [2.05, 4.69) is 15.5 Å². The van der Waals surface area contributed by atoms with E-state index < -0.39 is 18.3 Å². The van der Waals surface area contributed by atoms with Crippen LogP contribution in [0.2, 0.25) is 0 Å². The van der Waals surface area contributed by atoms with Gasteiger partial charge in [0.15, 0.2) is 0 Å². The van der Waals surface area contributed by atoms with Gasteiger partial charge in [0.1, 0.15) is 5.82 Å². The number of aryl methyl sites for hydroxylation is 2. The standard InChI is InChI=1S/C21H20FN3O3/c1-2-18-24-20(25-28-18)13-6-8-15-12(10-13)7-9-17(15)23-21(27)16-5-3-4-14(11-26)19(16)22/h3-6,8,10,17,26H,2,7,9,11H2,1H3,(H,23,27). The minimum Gasteiger partial charge on any atom is -0.392 e. The van der Waals surface area contributed by atoms with Gasteiger partial charge >= 0.3 is 0 Å². The van der Waals surface area contributed by atoms with Gasteiger partial charge in [-0.3, -0.25) is 4.79 Å². The number of amides is 1. The largest absolute Gasteiger partial charge is 0.392 e. The number of carbonyl (C=O) groups excluding carboxylic acids is 1. The van der Waals surface area contributed by atoms with Crippen molar-refractivity contribution in [1.82, 2.24) is 15.5 Å². The van der Waals surface area contributed by atoms with Crippen molar-refractivity contribution < 1.29 is 18.8 Å². The SMILES string of the molecule is CCc1nc(-c2ccc3c(c2)CCC3NC(=O)c2cccc(CO)c2F)no1. The Kier molecular flexibility index (Phi) is 4.92. The number of aromatic nitrogens is 2. The lowest BCUT2D eigenvalue weighted by atomic mass is 10.0. The normalized spacial score (nSPS) is 15.5. The highest BCUT2D eigenvalue weighted by Crippen LogP contribution is 2.34. The summed E-state index contributed by atoms with van der Waals surface area (Å²) >= 11 is 0. The first kappa shape index (κ1) is 18.3. The van der Waals surface area contributed by atoms with Crippen LogP contribution in [0.15, 0.2) is 40.9 Å². The van der Waals surface area contributed by atoms with E-state index in [0.717, 1.165) is 29.5 Å². The Labute approximate surface area is 161 Å². The summed E-state index contributed by atoms with van der Waals surface area (Å²) in [5.74, 6) is -0.0248. The highest BCUT2D eigenvalue weighted by Gasteiger charge is 2.26. The van der Waals surface area contributed by atoms with Crippen molar-refractivity contribution >= 4 is 5.91 Å². The van der Waals surface area contributed by atoms with Crippen LogP contribution in [0, 0.1) is 5.82 Å². The maximum absolute atomic E-state index is 14.3. The number of fused-ring (bicyclic) bond motifs is 1. The molecule has 1 aliphatic carbocycles. The van der Waals surface area contributed by atoms with Crippen molar-refractivity contribution in [2.75, 3.05) is 0 Å². The predicted octanol–water partition coefficient (Wildman–Crippen LogP) is 3.35. The van der Waals surface area contributed by atoms with Crippen LogP contribution in [-0.4, -0.2) is 21.2 Å². The molecule has 1 atom stereocenters. The number of nitrogens with one attached hydrogen (secondary N) is 1. The minimum absolute atomic E-state index is 0.0597. The molecule has 0 aliphatic heterocycles. The summed E-state index contributed by atoms with van der Waals surface area (Å²) < 4.78 is 19.5. The maximum atomic E-state index is 14.3. The van der Waals surface area contributed by atoms with E-state index in [1.54, 1.807) is 6.07 Å². The molecule has 28 heavy (non-hydrogen) atoms. The van der Waals surface area contributed by atoms with Gasteiger partial charge in [0.05, 0.1) is 18.2 Å². The van der Waals surface area contributed by atoms with Crippen molar-refractivity contribution in [3.8, 4) is 11.4 Å². The number of benzene rings is 2. The molecule has 1 heterocycles. The molecule has 2 N–H and O–H groups in total. The van der Waals surface area contributed by atoms with Gasteiger partial charge in [0.2, 0.25) is 11.7 Å². The van der Waals surface area contributed by atoms with Gasteiger partial charge in [0, 0.05) is 17.5 Å². The first-order chi connectivity index (χ1) is 13.6. The van der Waals surface area contributed by atoms with Crippen LogP contribution in [0.3, 0.4) is 0 Å². The van der Waals surface area contributed by atoms with Crippen molar-refractivity contribution in [2.24, 2.45) is 0 Å². The zero-order valence-electron chi connectivity index (χ0n) is 15.4. The fourth-order valence-electron chi connectivity index (χ4n) is 3.54. The second-order valence-electron chi connectivity index (χ2n) is 6.78. The van der Waals surface area contributed by atoms with Crippen LogP contribution < -0.4 is 5.32 Å². The molecule has 4 rings (SSSR count). The Morgan fingerprint density at radius 2 is 2.21 bits per heavy atom. The summed E-state index contributed by atoms with van der Waals surface area (Å²) in [6.07, 6.45) is 2.21. The predicted molar refractivity (Wildman–Crippen MR) is 100.0 cm³/mol. The fraction of sp³-hybridized carbons (Fsp3) is 0.286. The molecule has 1 unspecified atom stereocenters. The highest BCUT2D eigenvalue weighted by molar-refractivity contribution is 5.95. The summed E-state index contributed by atoms with van der Waals surface area (Å²) in [5.41, 5.74) is 3.03. The van der Waals surface area contributed by atoms with E-state index in [1.807, 2.05) is 25.1 Å². The number of aliphatic hydroxyl groups is 1. The molecule has 1 aliphatic rings. The third kappa shape index (κ3) is 3.29. The lowest BCUT2D eigenvalue weighted by Gasteiger charge is -2.15. The smallest absolute Gasteiger partial charge is 0.254 e. The molecule has 0 saturated carbocycles. The second kappa shape index (κ2) is 7.52. The zero-order chi connectivity index (χ0) is 19.7. The van der Waals surface area contributed by atoms with Crippen LogP contribution in [0.4, 0.5) is 4.39 Å². The Hall–Kier alpha value is -3.06. The van der Waals surface area contributed by atoms with Crippen molar-refractivity contribution in [1.29, 1.82) is 0 Å². The van der Waals surface area contributed by atoms with Crippen molar-refractivity contribution in [2.45, 2.75) is 38.8 Å². The highest BCUT2D eigenvalue weighted by atomic mass is 19.1. The molecule has 2 aromatic carbocycles. The van der Waals surface area contributed by atoms with Crippen LogP contribution in [0.1, 0.15) is 52.3 Å². The van der Waals surface area contributed by atoms with Gasteiger partial charge < -0.3 is 14.9 Å². The fourth-order valence-corrected chi connectivity index (χ4v) is 3.54. The summed E-state index contributed by atoms with van der Waals surface area (Å²) in [6.45, 7) is 1.50. The van der Waals surface area contributed by atoms with E-state index in [1.165, 1.54) is 12.1 Å². The molecule has 3 aromatic rings. The lowest BCUT2D eigenvalue weighted by molar-refractivity contribution is 0.0932. The molecular formula is C21H20FN3O3. The number of halogens is 1. The Bertz CT molecular complexity index is 1030. The third-order valence-corrected chi connectivity index (χ3v) is 5.05. The van der Waals surface area contributed by atoms with E-state index in [4.69, 9.17) is 4.52 Å². The molecule has 6 nitrogen and oxygen atoms in total. The van der Waals surface area contributed by atoms with E-state index in [0.29, 0.717) is 18.1 Å². The molecule has 144 valence electrons. The molecule has 0 radical (unpaired) electrons. The molecule has 0 bridgehead atoms. The second-order valence-corrected chi connectivity index (χ2v) is 6.78. The van der Waals surface area contributed by atoms with Crippen molar-refractivity contribution in [3.05, 3.63) is 70.4 Å². The van der Waals surface area contributed by atoms with Crippen molar-refractivity contribution in [3.63, 3.8) is 0 Å². The number of rotatable bonds is 5. The van der Waals surface area contributed by atoms with Gasteiger partial charge in [-0.25, -0.2) is 4.39 Å². The zero-order valence-corrected chi connectivity index (χ0v) is 15.4. The topological polar surface area (TPSA) is 88.2 Å². The molecular weight excluding hydrogens is 361 g/mol. The van der Waals surface area contributed by atoms with Gasteiger partial charge in [0.25, 0.3) is 5.91 Å². The van der Waals surface area contributed by atoms with Gasteiger partial charge in [-0.05, 0) is 36.1 Å². The Morgan fingerprint density at radius 3 is 2.96 bits per heavy atom. The summed E-state index contributed by atoms with van der Waals surface area (Å²) in [4.78, 5) is 16.9. The third-order valence-electron chi connectivity index (χ3n) is 5.05. The summed E-state index contributed by atoms with van der Waals surface area (Å²) in [5, 5.41) is 16.1. The van der Waals surface area contributed by atoms with Gasteiger partial charge in [-0.15, -0.1) is 0 Å². The van der Waals surface area contributed by atoms with E-state index in [9.17, 15) is 14.3 Å². The first-order valence-corrected chi connectivity index (χ1v) is 9.25. The molecule has 1 aromatic heterocycles. The lowest BCUT2D eigenvalue weighted by Crippen LogP contribution is -2.28. The minimum atomic E-state index is -0.681. The number of hydrogen-bond donors (Lipinski definition) is 2. The average molecular weight is 381 g/mol. The summed E-state index contributed by atoms with van der Waals surface area (Å²) in [6, 6.07) is 10.1. The average Bonchev–Trinajstić information content (AvgIpc) is 3.35.